The number of carbonyl (C=O) groups excluding carboxylic acids is 2. The molecule has 1 aromatic carbocycles. The van der Waals surface area contributed by atoms with Crippen molar-refractivity contribution in [1.29, 1.82) is 0 Å². The molecule has 2 heterocycles. The first-order valence-corrected chi connectivity index (χ1v) is 9.53. The molecule has 0 atom stereocenters. The van der Waals surface area contributed by atoms with Gasteiger partial charge in [0, 0.05) is 30.3 Å². The van der Waals surface area contributed by atoms with Gasteiger partial charge in [-0.05, 0) is 38.2 Å². The summed E-state index contributed by atoms with van der Waals surface area (Å²) in [4.78, 5) is 26.6. The molecule has 1 amide bonds. The van der Waals surface area contributed by atoms with Gasteiger partial charge in [-0.1, -0.05) is 29.8 Å². The van der Waals surface area contributed by atoms with Gasteiger partial charge in [-0.3, -0.25) is 14.7 Å². The lowest BCUT2D eigenvalue weighted by molar-refractivity contribution is -0.156. The van der Waals surface area contributed by atoms with E-state index in [1.54, 1.807) is 0 Å². The van der Waals surface area contributed by atoms with Crippen molar-refractivity contribution in [2.45, 2.75) is 38.5 Å². The Morgan fingerprint density at radius 1 is 1.26 bits per heavy atom. The Bertz CT molecular complexity index is 861. The number of amides is 1. The Morgan fingerprint density at radius 3 is 2.63 bits per heavy atom. The predicted molar refractivity (Wildman–Crippen MR) is 101 cm³/mol. The van der Waals surface area contributed by atoms with Gasteiger partial charge in [-0.2, -0.15) is 5.10 Å². The standard InChI is InChI=1S/C21H25N3O3/c1-14-4-3-5-16(12-14)17-13-22-23-18(17)15-6-10-24(11-7-15)19(25)21(8-9-21)20(26)27-2/h3-5,12-13,15H,6-11H2,1-2H3,(H,22,23). The monoisotopic (exact) mass is 367 g/mol. The molecule has 2 aromatic rings. The summed E-state index contributed by atoms with van der Waals surface area (Å²) in [7, 11) is 1.35. The Hall–Kier alpha value is -2.63. The number of likely N-dealkylation sites (tertiary alicyclic amines) is 1. The van der Waals surface area contributed by atoms with Crippen LogP contribution in [0.25, 0.3) is 11.1 Å². The largest absolute Gasteiger partial charge is 0.468 e. The van der Waals surface area contributed by atoms with Crippen molar-refractivity contribution in [3.8, 4) is 11.1 Å². The van der Waals surface area contributed by atoms with Crippen molar-refractivity contribution in [3.63, 3.8) is 0 Å². The Morgan fingerprint density at radius 2 is 2.00 bits per heavy atom. The van der Waals surface area contributed by atoms with Crippen LogP contribution in [-0.4, -0.2) is 47.2 Å². The van der Waals surface area contributed by atoms with Crippen LogP contribution in [0.4, 0.5) is 0 Å². The average Bonchev–Trinajstić information content (AvgIpc) is 3.36. The Balaban J connectivity index is 1.46. The molecule has 2 aliphatic rings. The fourth-order valence-electron chi connectivity index (χ4n) is 4.15. The summed E-state index contributed by atoms with van der Waals surface area (Å²) in [5.41, 5.74) is 3.76. The molecule has 0 spiro atoms. The smallest absolute Gasteiger partial charge is 0.321 e. The van der Waals surface area contributed by atoms with Crippen molar-refractivity contribution in [2.24, 2.45) is 5.41 Å². The second-order valence-corrected chi connectivity index (χ2v) is 7.71. The van der Waals surface area contributed by atoms with Crippen LogP contribution in [0.2, 0.25) is 0 Å². The number of piperidine rings is 1. The molecule has 6 heteroatoms. The molecule has 1 saturated heterocycles. The first-order chi connectivity index (χ1) is 13.0. The molecule has 1 aromatic heterocycles. The number of benzene rings is 1. The number of aromatic amines is 1. The second kappa shape index (κ2) is 6.83. The Labute approximate surface area is 158 Å². The van der Waals surface area contributed by atoms with Crippen molar-refractivity contribution in [3.05, 3.63) is 41.7 Å². The number of hydrogen-bond acceptors (Lipinski definition) is 4. The highest BCUT2D eigenvalue weighted by Gasteiger charge is 2.59. The quantitative estimate of drug-likeness (QED) is 0.666. The Kier molecular flexibility index (Phi) is 4.50. The van der Waals surface area contributed by atoms with E-state index in [4.69, 9.17) is 4.74 Å². The van der Waals surface area contributed by atoms with Crippen LogP contribution in [0.3, 0.4) is 0 Å². The molecule has 142 valence electrons. The fraction of sp³-hybridized carbons (Fsp3) is 0.476. The maximum Gasteiger partial charge on any atom is 0.321 e. The van der Waals surface area contributed by atoms with Gasteiger partial charge in [0.25, 0.3) is 0 Å². The van der Waals surface area contributed by atoms with Gasteiger partial charge in [0.05, 0.1) is 13.3 Å². The van der Waals surface area contributed by atoms with Gasteiger partial charge < -0.3 is 9.64 Å². The van der Waals surface area contributed by atoms with Gasteiger partial charge in [0.1, 0.15) is 5.41 Å². The minimum absolute atomic E-state index is 0.0590. The minimum Gasteiger partial charge on any atom is -0.468 e. The summed E-state index contributed by atoms with van der Waals surface area (Å²) in [5.74, 6) is -0.110. The van der Waals surface area contributed by atoms with Gasteiger partial charge in [-0.15, -0.1) is 0 Å². The van der Waals surface area contributed by atoms with E-state index in [1.807, 2.05) is 11.1 Å². The van der Waals surface area contributed by atoms with E-state index in [2.05, 4.69) is 41.4 Å². The number of ether oxygens (including phenoxy) is 1. The highest BCUT2D eigenvalue weighted by Crippen LogP contribution is 2.49. The molecular formula is C21H25N3O3. The molecule has 1 saturated carbocycles. The van der Waals surface area contributed by atoms with E-state index in [1.165, 1.54) is 18.2 Å². The first-order valence-electron chi connectivity index (χ1n) is 9.53. The zero-order valence-corrected chi connectivity index (χ0v) is 15.8. The van der Waals surface area contributed by atoms with Crippen LogP contribution < -0.4 is 0 Å². The number of esters is 1. The molecule has 0 radical (unpaired) electrons. The van der Waals surface area contributed by atoms with Crippen molar-refractivity contribution in [1.82, 2.24) is 15.1 Å². The van der Waals surface area contributed by atoms with E-state index < -0.39 is 5.41 Å². The van der Waals surface area contributed by atoms with Crippen LogP contribution in [0.1, 0.15) is 42.9 Å². The topological polar surface area (TPSA) is 75.3 Å². The third-order valence-electron chi connectivity index (χ3n) is 5.92. The lowest BCUT2D eigenvalue weighted by Crippen LogP contribution is -2.45. The molecule has 27 heavy (non-hydrogen) atoms. The van der Waals surface area contributed by atoms with Crippen molar-refractivity contribution >= 4 is 11.9 Å². The first kappa shape index (κ1) is 17.8. The van der Waals surface area contributed by atoms with Crippen molar-refractivity contribution < 1.29 is 14.3 Å². The van der Waals surface area contributed by atoms with Crippen LogP contribution in [-0.2, 0) is 14.3 Å². The summed E-state index contributed by atoms with van der Waals surface area (Å²) < 4.78 is 4.84. The molecule has 1 N–H and O–H groups in total. The summed E-state index contributed by atoms with van der Waals surface area (Å²) in [6, 6.07) is 8.42. The van der Waals surface area contributed by atoms with Gasteiger partial charge in [0.2, 0.25) is 5.91 Å². The van der Waals surface area contributed by atoms with E-state index in [-0.39, 0.29) is 11.9 Å². The lowest BCUT2D eigenvalue weighted by atomic mass is 9.88. The second-order valence-electron chi connectivity index (χ2n) is 7.71. The van der Waals surface area contributed by atoms with Crippen LogP contribution in [0.5, 0.6) is 0 Å². The normalized spacial score (nSPS) is 19.0. The van der Waals surface area contributed by atoms with E-state index in [9.17, 15) is 9.59 Å². The van der Waals surface area contributed by atoms with Crippen LogP contribution in [0, 0.1) is 12.3 Å². The molecule has 2 fully saturated rings. The number of nitrogens with zero attached hydrogens (tertiary/aromatic N) is 2. The van der Waals surface area contributed by atoms with E-state index in [0.29, 0.717) is 31.8 Å². The third-order valence-corrected chi connectivity index (χ3v) is 5.92. The molecule has 0 unspecified atom stereocenters. The van der Waals surface area contributed by atoms with Gasteiger partial charge in [-0.25, -0.2) is 0 Å². The fourth-order valence-corrected chi connectivity index (χ4v) is 4.15. The highest BCUT2D eigenvalue weighted by atomic mass is 16.5. The van der Waals surface area contributed by atoms with Crippen LogP contribution >= 0.6 is 0 Å². The van der Waals surface area contributed by atoms with Crippen molar-refractivity contribution in [2.75, 3.05) is 20.2 Å². The maximum absolute atomic E-state index is 12.8. The summed E-state index contributed by atoms with van der Waals surface area (Å²) in [5, 5.41) is 7.45. The minimum atomic E-state index is -0.900. The zero-order chi connectivity index (χ0) is 19.0. The predicted octanol–water partition coefficient (Wildman–Crippen LogP) is 3.04. The van der Waals surface area contributed by atoms with E-state index >= 15 is 0 Å². The molecule has 1 aliphatic heterocycles. The summed E-state index contributed by atoms with van der Waals surface area (Å²) >= 11 is 0. The molecular weight excluding hydrogens is 342 g/mol. The summed E-state index contributed by atoms with van der Waals surface area (Å²) in [6.07, 6.45) is 4.83. The number of H-pyrrole nitrogens is 1. The number of aryl methyl sites for hydroxylation is 1. The SMILES string of the molecule is COC(=O)C1(C(=O)N2CCC(c3[nH]ncc3-c3cccc(C)c3)CC2)CC1. The summed E-state index contributed by atoms with van der Waals surface area (Å²) in [6.45, 7) is 3.41. The third kappa shape index (κ3) is 3.13. The average molecular weight is 367 g/mol. The van der Waals surface area contributed by atoms with Crippen LogP contribution in [0.15, 0.2) is 30.5 Å². The lowest BCUT2D eigenvalue weighted by Gasteiger charge is -2.33. The zero-order valence-electron chi connectivity index (χ0n) is 15.8. The molecule has 1 aliphatic carbocycles. The molecule has 0 bridgehead atoms. The number of methoxy groups -OCH3 is 1. The maximum atomic E-state index is 12.8. The van der Waals surface area contributed by atoms with Gasteiger partial charge >= 0.3 is 5.97 Å². The number of rotatable bonds is 4. The highest BCUT2D eigenvalue weighted by molar-refractivity contribution is 6.05. The number of carbonyl (C=O) groups is 2. The number of aromatic nitrogens is 2. The van der Waals surface area contributed by atoms with E-state index in [0.717, 1.165) is 24.1 Å². The number of nitrogens with one attached hydrogen (secondary N) is 1. The number of hydrogen-bond donors (Lipinski definition) is 1. The van der Waals surface area contributed by atoms with Gasteiger partial charge in [0.15, 0.2) is 0 Å². The molecule has 6 nitrogen and oxygen atoms in total. The molecule has 4 rings (SSSR count).